The highest BCUT2D eigenvalue weighted by atomic mass is 19.4. The Morgan fingerprint density at radius 2 is 2.16 bits per heavy atom. The van der Waals surface area contributed by atoms with E-state index in [0.29, 0.717) is 6.54 Å². The first-order valence-corrected chi connectivity index (χ1v) is 5.54. The lowest BCUT2D eigenvalue weighted by molar-refractivity contribution is -0.137. The van der Waals surface area contributed by atoms with Gasteiger partial charge in [-0.3, -0.25) is 10.2 Å². The van der Waals surface area contributed by atoms with Crippen molar-refractivity contribution in [3.8, 4) is 6.07 Å². The number of carbonyl (C=O) groups excluding carboxylic acids is 1. The summed E-state index contributed by atoms with van der Waals surface area (Å²) in [5, 5.41) is 10.4. The minimum atomic E-state index is -4.45. The van der Waals surface area contributed by atoms with Gasteiger partial charge in [-0.15, -0.1) is 0 Å². The number of hydrazine groups is 1. The molecular weight excluding hydrogens is 259 g/mol. The van der Waals surface area contributed by atoms with Crippen LogP contribution >= 0.6 is 0 Å². The molecule has 0 aromatic heterocycles. The van der Waals surface area contributed by atoms with Gasteiger partial charge in [0.1, 0.15) is 6.04 Å². The normalized spacial score (nSPS) is 17.9. The van der Waals surface area contributed by atoms with E-state index in [1.54, 1.807) is 0 Å². The molecule has 7 heteroatoms. The number of nitriles is 1. The van der Waals surface area contributed by atoms with Crippen molar-refractivity contribution in [2.45, 2.75) is 18.6 Å². The maximum absolute atomic E-state index is 12.6. The number of benzene rings is 1. The summed E-state index contributed by atoms with van der Waals surface area (Å²) in [5.74, 6) is -0.243. The Hall–Kier alpha value is -2.07. The number of nitrogens with one attached hydrogen (secondary N) is 1. The number of hydrogen-bond donors (Lipinski definition) is 1. The Labute approximate surface area is 107 Å². The SMILES string of the molecule is N#CC(c1cccc(C(F)(F)F)c1)N1CCC(=O)N1. The van der Waals surface area contributed by atoms with E-state index in [9.17, 15) is 18.0 Å². The number of carbonyl (C=O) groups is 1. The standard InChI is InChI=1S/C12H10F3N3O/c13-12(14,15)9-3-1-2-8(6-9)10(7-16)18-5-4-11(19)17-18/h1-3,6,10H,4-5H2,(H,17,19). The fourth-order valence-electron chi connectivity index (χ4n) is 1.90. The maximum atomic E-state index is 12.6. The van der Waals surface area contributed by atoms with Gasteiger partial charge in [-0.25, -0.2) is 0 Å². The average molecular weight is 269 g/mol. The maximum Gasteiger partial charge on any atom is 0.416 e. The Bertz CT molecular complexity index is 536. The molecule has 1 saturated heterocycles. The lowest BCUT2D eigenvalue weighted by atomic mass is 10.0. The topological polar surface area (TPSA) is 56.1 Å². The van der Waals surface area contributed by atoms with Crippen LogP contribution in [0, 0.1) is 11.3 Å². The highest BCUT2D eigenvalue weighted by molar-refractivity contribution is 5.77. The summed E-state index contributed by atoms with van der Waals surface area (Å²) in [7, 11) is 0. The van der Waals surface area contributed by atoms with Gasteiger partial charge in [0.15, 0.2) is 0 Å². The monoisotopic (exact) mass is 269 g/mol. The second-order valence-electron chi connectivity index (χ2n) is 4.13. The van der Waals surface area contributed by atoms with Gasteiger partial charge < -0.3 is 0 Å². The molecule has 1 N–H and O–H groups in total. The van der Waals surface area contributed by atoms with Gasteiger partial charge in [-0.1, -0.05) is 12.1 Å². The largest absolute Gasteiger partial charge is 0.416 e. The number of alkyl halides is 3. The molecule has 0 saturated carbocycles. The second kappa shape index (κ2) is 4.90. The summed E-state index contributed by atoms with van der Waals surface area (Å²) in [4.78, 5) is 11.1. The Morgan fingerprint density at radius 1 is 1.42 bits per heavy atom. The lowest BCUT2D eigenvalue weighted by Crippen LogP contribution is -2.36. The molecule has 1 fully saturated rings. The van der Waals surface area contributed by atoms with Crippen molar-refractivity contribution in [1.82, 2.24) is 10.4 Å². The number of halogens is 3. The Kier molecular flexibility index (Phi) is 3.44. The molecule has 1 unspecified atom stereocenters. The number of nitrogens with zero attached hydrogens (tertiary/aromatic N) is 2. The van der Waals surface area contributed by atoms with Gasteiger partial charge in [0.05, 0.1) is 11.6 Å². The summed E-state index contributed by atoms with van der Waals surface area (Å²) in [6, 6.07) is 5.54. The van der Waals surface area contributed by atoms with Crippen molar-refractivity contribution in [3.63, 3.8) is 0 Å². The predicted molar refractivity (Wildman–Crippen MR) is 59.3 cm³/mol. The molecule has 1 aliphatic rings. The highest BCUT2D eigenvalue weighted by Gasteiger charge is 2.32. The summed E-state index contributed by atoms with van der Waals surface area (Å²) >= 11 is 0. The van der Waals surface area contributed by atoms with Crippen molar-refractivity contribution in [2.75, 3.05) is 6.54 Å². The molecule has 0 radical (unpaired) electrons. The van der Waals surface area contributed by atoms with Gasteiger partial charge in [0.25, 0.3) is 0 Å². The summed E-state index contributed by atoms with van der Waals surface area (Å²) in [6.45, 7) is 0.299. The minimum Gasteiger partial charge on any atom is -0.287 e. The van der Waals surface area contributed by atoms with Crippen molar-refractivity contribution in [3.05, 3.63) is 35.4 Å². The lowest BCUT2D eigenvalue weighted by Gasteiger charge is -2.21. The average Bonchev–Trinajstić information content (AvgIpc) is 2.76. The van der Waals surface area contributed by atoms with Crippen LogP contribution in [-0.4, -0.2) is 17.5 Å². The summed E-state index contributed by atoms with van der Waals surface area (Å²) in [5.41, 5.74) is 1.85. The number of rotatable bonds is 2. The third-order valence-corrected chi connectivity index (χ3v) is 2.81. The van der Waals surface area contributed by atoms with E-state index in [4.69, 9.17) is 5.26 Å². The molecule has 1 aromatic rings. The van der Waals surface area contributed by atoms with Crippen LogP contribution in [0.5, 0.6) is 0 Å². The molecule has 1 aliphatic heterocycles. The van der Waals surface area contributed by atoms with Crippen LogP contribution < -0.4 is 5.43 Å². The van der Waals surface area contributed by atoms with E-state index in [2.05, 4.69) is 5.43 Å². The first kappa shape index (κ1) is 13.4. The molecule has 1 amide bonds. The molecule has 0 spiro atoms. The zero-order chi connectivity index (χ0) is 14.0. The van der Waals surface area contributed by atoms with Crippen molar-refractivity contribution < 1.29 is 18.0 Å². The summed E-state index contributed by atoms with van der Waals surface area (Å²) in [6.07, 6.45) is -4.22. The van der Waals surface area contributed by atoms with E-state index in [1.165, 1.54) is 17.1 Å². The molecule has 2 rings (SSSR count). The Morgan fingerprint density at radius 3 is 2.68 bits per heavy atom. The van der Waals surface area contributed by atoms with E-state index in [0.717, 1.165) is 12.1 Å². The van der Waals surface area contributed by atoms with Gasteiger partial charge in [-0.05, 0) is 17.7 Å². The smallest absolute Gasteiger partial charge is 0.287 e. The van der Waals surface area contributed by atoms with Gasteiger partial charge in [0, 0.05) is 13.0 Å². The fraction of sp³-hybridized carbons (Fsp3) is 0.333. The van der Waals surface area contributed by atoms with Crippen molar-refractivity contribution >= 4 is 5.91 Å². The van der Waals surface area contributed by atoms with Gasteiger partial charge in [0.2, 0.25) is 5.91 Å². The van der Waals surface area contributed by atoms with E-state index in [-0.39, 0.29) is 17.9 Å². The molecule has 1 heterocycles. The van der Waals surface area contributed by atoms with Gasteiger partial charge >= 0.3 is 6.18 Å². The van der Waals surface area contributed by atoms with Crippen LogP contribution in [0.4, 0.5) is 13.2 Å². The van der Waals surface area contributed by atoms with Crippen LogP contribution in [0.15, 0.2) is 24.3 Å². The third-order valence-electron chi connectivity index (χ3n) is 2.81. The second-order valence-corrected chi connectivity index (χ2v) is 4.13. The molecule has 1 aromatic carbocycles. The number of hydrogen-bond acceptors (Lipinski definition) is 3. The number of amides is 1. The molecular formula is C12H10F3N3O. The first-order chi connectivity index (χ1) is 8.91. The van der Waals surface area contributed by atoms with Crippen molar-refractivity contribution in [1.29, 1.82) is 5.26 Å². The zero-order valence-corrected chi connectivity index (χ0v) is 9.74. The fourth-order valence-corrected chi connectivity index (χ4v) is 1.90. The van der Waals surface area contributed by atoms with E-state index in [1.807, 2.05) is 6.07 Å². The molecule has 100 valence electrons. The Balaban J connectivity index is 2.29. The third kappa shape index (κ3) is 2.85. The first-order valence-electron chi connectivity index (χ1n) is 5.54. The summed E-state index contributed by atoms with van der Waals surface area (Å²) < 4.78 is 37.8. The molecule has 4 nitrogen and oxygen atoms in total. The predicted octanol–water partition coefficient (Wildman–Crippen LogP) is 2.01. The quantitative estimate of drug-likeness (QED) is 0.893. The molecule has 19 heavy (non-hydrogen) atoms. The molecule has 1 atom stereocenters. The zero-order valence-electron chi connectivity index (χ0n) is 9.74. The van der Waals surface area contributed by atoms with Crippen LogP contribution in [0.2, 0.25) is 0 Å². The van der Waals surface area contributed by atoms with E-state index >= 15 is 0 Å². The van der Waals surface area contributed by atoms with Crippen LogP contribution in [0.3, 0.4) is 0 Å². The van der Waals surface area contributed by atoms with E-state index < -0.39 is 17.8 Å². The van der Waals surface area contributed by atoms with Crippen LogP contribution in [0.1, 0.15) is 23.6 Å². The highest BCUT2D eigenvalue weighted by Crippen LogP contribution is 2.31. The molecule has 0 bridgehead atoms. The van der Waals surface area contributed by atoms with Crippen LogP contribution in [0.25, 0.3) is 0 Å². The van der Waals surface area contributed by atoms with Crippen LogP contribution in [-0.2, 0) is 11.0 Å². The molecule has 0 aliphatic carbocycles. The minimum absolute atomic E-state index is 0.208. The van der Waals surface area contributed by atoms with Gasteiger partial charge in [-0.2, -0.15) is 23.4 Å². The van der Waals surface area contributed by atoms with Crippen molar-refractivity contribution in [2.24, 2.45) is 0 Å².